The Morgan fingerprint density at radius 3 is 2.59 bits per heavy atom. The third-order valence-corrected chi connectivity index (χ3v) is 3.93. The van der Waals surface area contributed by atoms with Crippen molar-refractivity contribution in [2.45, 2.75) is 6.04 Å². The van der Waals surface area contributed by atoms with Crippen LogP contribution in [0.5, 0.6) is 0 Å². The predicted octanol–water partition coefficient (Wildman–Crippen LogP) is 4.05. The second-order valence-electron chi connectivity index (χ2n) is 5.10. The summed E-state index contributed by atoms with van der Waals surface area (Å²) in [5, 5.41) is 0.720. The van der Waals surface area contributed by atoms with Gasteiger partial charge in [-0.2, -0.15) is 0 Å². The molecule has 4 nitrogen and oxygen atoms in total. The van der Waals surface area contributed by atoms with Gasteiger partial charge in [0.25, 0.3) is 0 Å². The fraction of sp³-hybridized carbons (Fsp3) is 0.0588. The molecule has 0 aliphatic heterocycles. The van der Waals surface area contributed by atoms with E-state index >= 15 is 0 Å². The second-order valence-corrected chi connectivity index (χ2v) is 5.54. The fourth-order valence-corrected chi connectivity index (χ4v) is 2.77. The van der Waals surface area contributed by atoms with Crippen LogP contribution in [0.4, 0.5) is 0 Å². The molecule has 4 rings (SSSR count). The second kappa shape index (κ2) is 5.31. The molecule has 5 heteroatoms. The van der Waals surface area contributed by atoms with Gasteiger partial charge in [-0.3, -0.25) is 0 Å². The summed E-state index contributed by atoms with van der Waals surface area (Å²) in [6.07, 6.45) is 5.50. The molecule has 0 aliphatic carbocycles. The van der Waals surface area contributed by atoms with Crippen molar-refractivity contribution in [3.8, 4) is 0 Å². The van der Waals surface area contributed by atoms with Gasteiger partial charge in [-0.25, -0.2) is 9.97 Å². The molecule has 1 unspecified atom stereocenters. The minimum absolute atomic E-state index is 0.0628. The first-order valence-corrected chi connectivity index (χ1v) is 7.36. The number of H-pyrrole nitrogens is 1. The number of rotatable bonds is 3. The lowest BCUT2D eigenvalue weighted by atomic mass is 10.1. The van der Waals surface area contributed by atoms with Crippen LogP contribution in [0.15, 0.2) is 67.3 Å². The van der Waals surface area contributed by atoms with E-state index < -0.39 is 0 Å². The molecule has 0 spiro atoms. The van der Waals surface area contributed by atoms with Crippen molar-refractivity contribution in [2.24, 2.45) is 0 Å². The molecule has 1 N–H and O–H groups in total. The Bertz CT molecular complexity index is 861. The number of imidazole rings is 2. The molecule has 0 amide bonds. The monoisotopic (exact) mass is 308 g/mol. The van der Waals surface area contributed by atoms with Crippen LogP contribution in [0.2, 0.25) is 5.02 Å². The number of aromatic amines is 1. The van der Waals surface area contributed by atoms with E-state index in [1.165, 1.54) is 0 Å². The van der Waals surface area contributed by atoms with Gasteiger partial charge in [0.05, 0.1) is 17.4 Å². The van der Waals surface area contributed by atoms with Gasteiger partial charge in [0.1, 0.15) is 11.9 Å². The van der Waals surface area contributed by atoms with E-state index in [0.717, 1.165) is 27.4 Å². The molecule has 108 valence electrons. The first-order valence-electron chi connectivity index (χ1n) is 6.99. The number of nitrogens with one attached hydrogen (secondary N) is 1. The number of para-hydroxylation sites is 2. The number of fused-ring (bicyclic) bond motifs is 1. The first kappa shape index (κ1) is 13.1. The number of hydrogen-bond acceptors (Lipinski definition) is 2. The van der Waals surface area contributed by atoms with Crippen LogP contribution in [0.25, 0.3) is 11.0 Å². The van der Waals surface area contributed by atoms with Crippen LogP contribution in [0, 0.1) is 0 Å². The average Bonchev–Trinajstić information content (AvgIpc) is 3.19. The lowest BCUT2D eigenvalue weighted by molar-refractivity contribution is 0.644. The fourth-order valence-electron chi connectivity index (χ4n) is 2.64. The quantitative estimate of drug-likeness (QED) is 0.620. The molecule has 2 aromatic heterocycles. The molecule has 2 heterocycles. The summed E-state index contributed by atoms with van der Waals surface area (Å²) < 4.78 is 2.03. The van der Waals surface area contributed by atoms with Gasteiger partial charge < -0.3 is 9.55 Å². The van der Waals surface area contributed by atoms with E-state index in [-0.39, 0.29) is 6.04 Å². The van der Waals surface area contributed by atoms with E-state index in [2.05, 4.69) is 9.97 Å². The largest absolute Gasteiger partial charge is 0.340 e. The summed E-state index contributed by atoms with van der Waals surface area (Å²) in [6.45, 7) is 0. The molecule has 0 saturated heterocycles. The highest BCUT2D eigenvalue weighted by Crippen LogP contribution is 2.27. The lowest BCUT2D eigenvalue weighted by Crippen LogP contribution is -2.12. The SMILES string of the molecule is Clc1ccc(C(c2nc3ccccc3[nH]2)n2ccnc2)cc1. The minimum Gasteiger partial charge on any atom is -0.340 e. The summed E-state index contributed by atoms with van der Waals surface area (Å²) in [5.41, 5.74) is 3.08. The smallest absolute Gasteiger partial charge is 0.135 e. The first-order chi connectivity index (χ1) is 10.8. The van der Waals surface area contributed by atoms with Crippen LogP contribution in [0.1, 0.15) is 17.4 Å². The van der Waals surface area contributed by atoms with Gasteiger partial charge >= 0.3 is 0 Å². The zero-order chi connectivity index (χ0) is 14.9. The molecular formula is C17H13ClN4. The van der Waals surface area contributed by atoms with Crippen molar-refractivity contribution in [2.75, 3.05) is 0 Å². The summed E-state index contributed by atoms with van der Waals surface area (Å²) >= 11 is 6.01. The Kier molecular flexibility index (Phi) is 3.16. The molecule has 0 fully saturated rings. The summed E-state index contributed by atoms with van der Waals surface area (Å²) in [6, 6.07) is 15.8. The standard InChI is InChI=1S/C17H13ClN4/c18-13-7-5-12(6-8-13)16(22-10-9-19-11-22)17-20-14-3-1-2-4-15(14)21-17/h1-11,16H,(H,20,21). The van der Waals surface area contributed by atoms with Gasteiger partial charge in [0, 0.05) is 17.4 Å². The van der Waals surface area contributed by atoms with Crippen molar-refractivity contribution in [3.63, 3.8) is 0 Å². The molecule has 22 heavy (non-hydrogen) atoms. The van der Waals surface area contributed by atoms with E-state index in [0.29, 0.717) is 0 Å². The van der Waals surface area contributed by atoms with E-state index in [9.17, 15) is 0 Å². The maximum Gasteiger partial charge on any atom is 0.135 e. The van der Waals surface area contributed by atoms with Crippen molar-refractivity contribution >= 4 is 22.6 Å². The highest BCUT2D eigenvalue weighted by atomic mass is 35.5. The van der Waals surface area contributed by atoms with Crippen molar-refractivity contribution in [1.82, 2.24) is 19.5 Å². The number of nitrogens with zero attached hydrogens (tertiary/aromatic N) is 3. The Morgan fingerprint density at radius 2 is 1.86 bits per heavy atom. The van der Waals surface area contributed by atoms with Gasteiger partial charge in [0.15, 0.2) is 0 Å². The normalized spacial score (nSPS) is 12.6. The number of hydrogen-bond donors (Lipinski definition) is 1. The third-order valence-electron chi connectivity index (χ3n) is 3.68. The molecule has 0 saturated carbocycles. The predicted molar refractivity (Wildman–Crippen MR) is 87.0 cm³/mol. The van der Waals surface area contributed by atoms with Crippen LogP contribution < -0.4 is 0 Å². The van der Waals surface area contributed by atoms with Gasteiger partial charge in [-0.05, 0) is 29.8 Å². The summed E-state index contributed by atoms with van der Waals surface area (Å²) in [7, 11) is 0. The minimum atomic E-state index is -0.0628. The Hall–Kier alpha value is -2.59. The Morgan fingerprint density at radius 1 is 1.05 bits per heavy atom. The Labute approximate surface area is 132 Å². The van der Waals surface area contributed by atoms with Crippen LogP contribution >= 0.6 is 11.6 Å². The zero-order valence-corrected chi connectivity index (χ0v) is 12.4. The molecular weight excluding hydrogens is 296 g/mol. The van der Waals surface area contributed by atoms with E-state index in [1.54, 1.807) is 12.5 Å². The van der Waals surface area contributed by atoms with Crippen molar-refractivity contribution in [1.29, 1.82) is 0 Å². The topological polar surface area (TPSA) is 46.5 Å². The highest BCUT2D eigenvalue weighted by molar-refractivity contribution is 6.30. The van der Waals surface area contributed by atoms with E-state index in [4.69, 9.17) is 16.6 Å². The molecule has 0 aliphatic rings. The van der Waals surface area contributed by atoms with Gasteiger partial charge in [-0.15, -0.1) is 0 Å². The molecule has 0 bridgehead atoms. The molecule has 2 aromatic carbocycles. The van der Waals surface area contributed by atoms with Gasteiger partial charge in [0.2, 0.25) is 0 Å². The maximum absolute atomic E-state index is 6.01. The molecule has 1 atom stereocenters. The highest BCUT2D eigenvalue weighted by Gasteiger charge is 2.19. The summed E-state index contributed by atoms with van der Waals surface area (Å²) in [4.78, 5) is 12.3. The number of benzene rings is 2. The van der Waals surface area contributed by atoms with Crippen molar-refractivity contribution < 1.29 is 0 Å². The molecule has 0 radical (unpaired) electrons. The van der Waals surface area contributed by atoms with Gasteiger partial charge in [-0.1, -0.05) is 35.9 Å². The Balaban J connectivity index is 1.88. The van der Waals surface area contributed by atoms with Crippen LogP contribution in [-0.2, 0) is 0 Å². The lowest BCUT2D eigenvalue weighted by Gasteiger charge is -2.16. The van der Waals surface area contributed by atoms with Crippen LogP contribution in [-0.4, -0.2) is 19.5 Å². The van der Waals surface area contributed by atoms with Crippen LogP contribution in [0.3, 0.4) is 0 Å². The third kappa shape index (κ3) is 2.27. The molecule has 4 aromatic rings. The van der Waals surface area contributed by atoms with Crippen molar-refractivity contribution in [3.05, 3.63) is 83.7 Å². The maximum atomic E-state index is 6.01. The average molecular weight is 309 g/mol. The summed E-state index contributed by atoms with van der Waals surface area (Å²) in [5.74, 6) is 0.876. The number of aromatic nitrogens is 4. The van der Waals surface area contributed by atoms with E-state index in [1.807, 2.05) is 59.3 Å². The zero-order valence-electron chi connectivity index (χ0n) is 11.6. The number of halogens is 1.